The third-order valence-electron chi connectivity index (χ3n) is 14.6. The van der Waals surface area contributed by atoms with E-state index in [1.165, 1.54) is 43.3 Å². The second-order valence-electron chi connectivity index (χ2n) is 19.4. The predicted octanol–water partition coefficient (Wildman–Crippen LogP) is 8.84. The molecule has 3 aromatic carbocycles. The molecule has 0 aliphatic heterocycles. The molecule has 0 saturated carbocycles. The van der Waals surface area contributed by atoms with E-state index in [0.29, 0.717) is 12.8 Å². The summed E-state index contributed by atoms with van der Waals surface area (Å²) >= 11 is 0. The van der Waals surface area contributed by atoms with Crippen molar-refractivity contribution >= 4 is 47.6 Å². The van der Waals surface area contributed by atoms with Crippen molar-refractivity contribution in [2.24, 2.45) is 17.8 Å². The fourth-order valence-corrected chi connectivity index (χ4v) is 10.8. The third-order valence-corrected chi connectivity index (χ3v) is 14.6. The van der Waals surface area contributed by atoms with Gasteiger partial charge in [-0.15, -0.1) is 0 Å². The number of ether oxygens (including phenoxy) is 6. The van der Waals surface area contributed by atoms with Gasteiger partial charge in [0.15, 0.2) is 18.0 Å². The Kier molecular flexibility index (Phi) is 17.9. The molecule has 0 radical (unpaired) electrons. The number of fused-ring (bicyclic) bond motifs is 3. The van der Waals surface area contributed by atoms with Gasteiger partial charge in [0.05, 0.1) is 59.4 Å². The number of aromatic carboxylic acids is 2. The lowest BCUT2D eigenvalue weighted by Gasteiger charge is -2.42. The minimum Gasteiger partial charge on any atom is -0.481 e. The first-order valence-electron chi connectivity index (χ1n) is 25.6. The molecule has 0 saturated heterocycles. The van der Waals surface area contributed by atoms with Crippen LogP contribution in [0.3, 0.4) is 0 Å². The van der Waals surface area contributed by atoms with Gasteiger partial charge in [-0.3, -0.25) is 14.4 Å². The molecule has 9 atom stereocenters. The Morgan fingerprint density at radius 2 is 1.16 bits per heavy atom. The van der Waals surface area contributed by atoms with E-state index in [9.17, 15) is 53.7 Å². The van der Waals surface area contributed by atoms with Gasteiger partial charge < -0.3 is 43.7 Å². The number of carboxylic acids is 3. The number of hydrogen-bond donors (Lipinski definition) is 3. The molecule has 9 unspecified atom stereocenters. The maximum Gasteiger partial charge on any atom is 0.339 e. The van der Waals surface area contributed by atoms with Crippen LogP contribution in [0.5, 0.6) is 0 Å². The molecule has 17 nitrogen and oxygen atoms in total. The van der Waals surface area contributed by atoms with Crippen LogP contribution in [0.25, 0.3) is 11.1 Å². The highest BCUT2D eigenvalue weighted by molar-refractivity contribution is 6.06. The number of Topliss-reactive ketones (excluding diaryl/α,β-unsaturated/α-hetero) is 1. The quantitative estimate of drug-likeness (QED) is 0.0264. The molecule has 8 rings (SSSR count). The Morgan fingerprint density at radius 1 is 0.620 bits per heavy atom. The number of carbonyl (C=O) groups is 8. The van der Waals surface area contributed by atoms with Gasteiger partial charge in [-0.1, -0.05) is 122 Å². The van der Waals surface area contributed by atoms with Crippen LogP contribution in [-0.4, -0.2) is 114 Å². The van der Waals surface area contributed by atoms with E-state index >= 15 is 0 Å². The van der Waals surface area contributed by atoms with Gasteiger partial charge in [0.25, 0.3) is 0 Å². The third kappa shape index (κ3) is 12.5. The molecule has 0 fully saturated rings. The molecule has 0 bridgehead atoms. The summed E-state index contributed by atoms with van der Waals surface area (Å²) in [6.45, 7) is 6.84. The Labute approximate surface area is 455 Å². The van der Waals surface area contributed by atoms with Gasteiger partial charge >= 0.3 is 41.8 Å². The molecule has 3 N–H and O–H groups in total. The number of allylic oxidation sites excluding steroid dienone is 10. The first-order chi connectivity index (χ1) is 38.0. The smallest absolute Gasteiger partial charge is 0.339 e. The van der Waals surface area contributed by atoms with E-state index in [1.54, 1.807) is 12.2 Å². The molecule has 79 heavy (non-hydrogen) atoms. The summed E-state index contributed by atoms with van der Waals surface area (Å²) in [6.07, 6.45) is 23.9. The number of carbonyl (C=O) groups excluding carboxylic acids is 5. The maximum atomic E-state index is 14.0. The SMILES string of the molecule is C=CC(=O)OCC(COC1C=CC(C2(C3=CCC(OCC(COC(=O)C=C)OC(=O)C4CC=CCC4C(=O)O)C=C3)c3ccccc3C3C=CC=CC32)=CC1)OC(=O)c1cc(-c2ccc(C(C)=O)c(C(=O)O)c2)ccc1C(=O)O. The lowest BCUT2D eigenvalue weighted by atomic mass is 9.60. The summed E-state index contributed by atoms with van der Waals surface area (Å²) in [5, 5.41) is 29.7. The highest BCUT2D eigenvalue weighted by Gasteiger charge is 2.54. The van der Waals surface area contributed by atoms with Gasteiger partial charge in [0.2, 0.25) is 0 Å². The number of aliphatic carboxylic acids is 1. The van der Waals surface area contributed by atoms with Crippen LogP contribution >= 0.6 is 0 Å². The zero-order chi connectivity index (χ0) is 56.4. The van der Waals surface area contributed by atoms with Crippen LogP contribution in [0.15, 0.2) is 170 Å². The predicted molar refractivity (Wildman–Crippen MR) is 286 cm³/mol. The first-order valence-corrected chi connectivity index (χ1v) is 25.6. The number of benzene rings is 3. The Morgan fingerprint density at radius 3 is 1.71 bits per heavy atom. The Bertz CT molecular complexity index is 3180. The molecule has 408 valence electrons. The second kappa shape index (κ2) is 25.1. The zero-order valence-corrected chi connectivity index (χ0v) is 43.1. The Hall–Kier alpha value is -8.80. The van der Waals surface area contributed by atoms with E-state index in [4.69, 9.17) is 28.4 Å². The highest BCUT2D eigenvalue weighted by Crippen LogP contribution is 2.61. The lowest BCUT2D eigenvalue weighted by Crippen LogP contribution is -2.38. The van der Waals surface area contributed by atoms with Crippen molar-refractivity contribution in [3.05, 3.63) is 203 Å². The summed E-state index contributed by atoms with van der Waals surface area (Å²) in [5.41, 5.74) is 3.02. The van der Waals surface area contributed by atoms with Crippen LogP contribution < -0.4 is 0 Å². The average Bonchev–Trinajstić information content (AvgIpc) is 3.08. The molecular weight excluding hydrogens is 1020 g/mol. The lowest BCUT2D eigenvalue weighted by molar-refractivity contribution is -0.170. The van der Waals surface area contributed by atoms with Crippen molar-refractivity contribution in [2.45, 2.75) is 68.4 Å². The van der Waals surface area contributed by atoms with Crippen molar-refractivity contribution in [3.63, 3.8) is 0 Å². The van der Waals surface area contributed by atoms with Crippen LogP contribution in [0, 0.1) is 17.8 Å². The van der Waals surface area contributed by atoms with Gasteiger partial charge in [-0.05, 0) is 90.3 Å². The fourth-order valence-electron chi connectivity index (χ4n) is 10.8. The highest BCUT2D eigenvalue weighted by atomic mass is 16.6. The number of ketones is 1. The van der Waals surface area contributed by atoms with Gasteiger partial charge in [0.1, 0.15) is 13.2 Å². The Balaban J connectivity index is 1.000. The van der Waals surface area contributed by atoms with Crippen molar-refractivity contribution in [1.29, 1.82) is 0 Å². The molecule has 5 aliphatic rings. The minimum atomic E-state index is -1.44. The standard InChI is InChI=1S/C62H58O17/c1-4-55(64)76-34-43(78-60(72)50-15-7-6-14-48(50)57(66)67)32-74-41-24-20-39(21-25-41)62(53-16-10-8-12-46(53)47-13-9-11-17-54(47)62)40-22-26-42(27-23-40)75-33-44(35-77-56(65)5-2)79-61(73)52-31-38(19-29-49(52)58(68)69)37-18-28-45(36(3)63)51(30-37)59(70)71/h4-13,16-24,26,28-31,41-44,46,48,50,53H,1-2,14-15,25,27,32-35H2,3H3,(H,66,67)(H,68,69)(H,70,71). The van der Waals surface area contributed by atoms with E-state index in [0.717, 1.165) is 34.4 Å². The largest absolute Gasteiger partial charge is 0.481 e. The molecule has 0 spiro atoms. The second-order valence-corrected chi connectivity index (χ2v) is 19.4. The average molecular weight is 1080 g/mol. The van der Waals surface area contributed by atoms with Crippen LogP contribution in [0.4, 0.5) is 0 Å². The topological polar surface area (TPSA) is 253 Å². The number of rotatable bonds is 23. The van der Waals surface area contributed by atoms with Crippen LogP contribution in [-0.2, 0) is 53.0 Å². The van der Waals surface area contributed by atoms with Gasteiger partial charge in [-0.25, -0.2) is 24.0 Å². The molecule has 3 aromatic rings. The van der Waals surface area contributed by atoms with Crippen molar-refractivity contribution in [3.8, 4) is 11.1 Å². The fraction of sp³-hybridized carbons (Fsp3) is 0.290. The molecule has 0 aromatic heterocycles. The monoisotopic (exact) mass is 1070 g/mol. The maximum absolute atomic E-state index is 14.0. The summed E-state index contributed by atoms with van der Waals surface area (Å²) in [6, 6.07) is 16.2. The molecule has 5 aliphatic carbocycles. The van der Waals surface area contributed by atoms with Crippen molar-refractivity contribution in [2.75, 3.05) is 26.4 Å². The number of hydrogen-bond acceptors (Lipinski definition) is 14. The van der Waals surface area contributed by atoms with Crippen LogP contribution in [0.2, 0.25) is 0 Å². The van der Waals surface area contributed by atoms with E-state index in [-0.39, 0.29) is 72.3 Å². The van der Waals surface area contributed by atoms with Gasteiger partial charge in [0, 0.05) is 29.6 Å². The summed E-state index contributed by atoms with van der Waals surface area (Å²) in [4.78, 5) is 100. The summed E-state index contributed by atoms with van der Waals surface area (Å²) in [5.74, 6) is -9.62. The summed E-state index contributed by atoms with van der Waals surface area (Å²) in [7, 11) is 0. The molecular formula is C62H58O17. The zero-order valence-electron chi connectivity index (χ0n) is 43.1. The minimum absolute atomic E-state index is 0.0305. The summed E-state index contributed by atoms with van der Waals surface area (Å²) < 4.78 is 34.7. The number of carboxylic acid groups (broad SMARTS) is 3. The number of esters is 4. The molecule has 0 amide bonds. The van der Waals surface area contributed by atoms with Crippen molar-refractivity contribution < 1.29 is 82.1 Å². The van der Waals surface area contributed by atoms with E-state index < -0.39 is 101 Å². The normalized spacial score (nSPS) is 23.1. The van der Waals surface area contributed by atoms with E-state index in [2.05, 4.69) is 49.6 Å². The first kappa shape index (κ1) is 56.4. The molecule has 17 heteroatoms. The van der Waals surface area contributed by atoms with E-state index in [1.807, 2.05) is 48.6 Å². The molecule has 0 heterocycles. The van der Waals surface area contributed by atoms with Crippen molar-refractivity contribution in [1.82, 2.24) is 0 Å². The van der Waals surface area contributed by atoms with Crippen LogP contribution in [0.1, 0.15) is 91.1 Å². The van der Waals surface area contributed by atoms with Gasteiger partial charge in [-0.2, -0.15) is 0 Å².